The maximum Gasteiger partial charge on any atom is 0.354 e. The van der Waals surface area contributed by atoms with Crippen LogP contribution in [0.5, 0.6) is 0 Å². The van der Waals surface area contributed by atoms with E-state index in [0.717, 1.165) is 13.2 Å². The number of aromatic nitrogens is 1. The molecule has 0 fully saturated rings. The molecule has 2 aromatic rings. The molecule has 0 N–H and O–H groups in total. The van der Waals surface area contributed by atoms with Crippen molar-refractivity contribution in [3.8, 4) is 0 Å². The van der Waals surface area contributed by atoms with Gasteiger partial charge in [0, 0.05) is 17.3 Å². The predicted octanol–water partition coefficient (Wildman–Crippen LogP) is 3.21. The highest BCUT2D eigenvalue weighted by Gasteiger charge is 2.24. The van der Waals surface area contributed by atoms with Gasteiger partial charge >= 0.3 is 5.97 Å². The third kappa shape index (κ3) is 3.59. The van der Waals surface area contributed by atoms with Gasteiger partial charge in [-0.15, -0.1) is 0 Å². The quantitative estimate of drug-likeness (QED) is 0.425. The Hall–Kier alpha value is -2.35. The summed E-state index contributed by atoms with van der Waals surface area (Å²) in [7, 11) is 1.15. The minimum atomic E-state index is -0.892. The van der Waals surface area contributed by atoms with Crippen molar-refractivity contribution in [3.63, 3.8) is 0 Å². The number of methoxy groups -OCH3 is 1. The molecule has 0 aliphatic carbocycles. The van der Waals surface area contributed by atoms with Crippen LogP contribution in [0, 0.1) is 5.82 Å². The number of hydrogen-bond donors (Lipinski definition) is 0. The van der Waals surface area contributed by atoms with Crippen molar-refractivity contribution in [2.45, 2.75) is 6.54 Å². The molecule has 1 aromatic heterocycles. The number of Topliss-reactive ketones (excluding diaryl/α,β-unsaturated/α-hetero) is 2. The fraction of sp³-hybridized carbons (Fsp3) is 0.188. The lowest BCUT2D eigenvalue weighted by Gasteiger charge is -2.03. The summed E-state index contributed by atoms with van der Waals surface area (Å²) in [5.74, 6) is -3.08. The number of rotatable bonds is 6. The number of nitrogens with zero attached hydrogens (tertiary/aromatic N) is 1. The zero-order valence-electron chi connectivity index (χ0n) is 12.5. The molecule has 0 atom stereocenters. The van der Waals surface area contributed by atoms with Gasteiger partial charge < -0.3 is 9.30 Å². The smallest absolute Gasteiger partial charge is 0.354 e. The lowest BCUT2D eigenvalue weighted by atomic mass is 10.0. The maximum absolute atomic E-state index is 13.2. The minimum absolute atomic E-state index is 0.00821. The van der Waals surface area contributed by atoms with E-state index in [1.165, 1.54) is 29.0 Å². The van der Waals surface area contributed by atoms with E-state index in [2.05, 4.69) is 20.7 Å². The van der Waals surface area contributed by atoms with Crippen molar-refractivity contribution in [2.75, 3.05) is 13.8 Å². The van der Waals surface area contributed by atoms with E-state index in [-0.39, 0.29) is 27.8 Å². The van der Waals surface area contributed by atoms with Crippen molar-refractivity contribution in [3.05, 3.63) is 57.6 Å². The fourth-order valence-corrected chi connectivity index (χ4v) is 2.46. The van der Waals surface area contributed by atoms with Crippen LogP contribution in [0.2, 0.25) is 0 Å². The molecule has 0 saturated heterocycles. The van der Waals surface area contributed by atoms with E-state index in [0.29, 0.717) is 0 Å². The van der Waals surface area contributed by atoms with Gasteiger partial charge in [0.25, 0.3) is 0 Å². The van der Waals surface area contributed by atoms with Crippen LogP contribution >= 0.6 is 15.9 Å². The normalized spacial score (nSPS) is 10.5. The Balaban J connectivity index is 2.36. The second-order valence-electron chi connectivity index (χ2n) is 4.78. The number of alkyl halides is 1. The summed E-state index contributed by atoms with van der Waals surface area (Å²) in [4.78, 5) is 36.2. The Bertz CT molecular complexity index is 816. The van der Waals surface area contributed by atoms with Crippen molar-refractivity contribution in [1.29, 1.82) is 0 Å². The number of halogens is 3. The molecule has 0 bridgehead atoms. The molecule has 0 aliphatic rings. The third-order valence-corrected chi connectivity index (χ3v) is 3.87. The summed E-state index contributed by atoms with van der Waals surface area (Å²) in [6.45, 7) is -0.917. The first-order chi connectivity index (χ1) is 11.4. The molecular formula is C16H12BrF2NO4. The number of aryl methyl sites for hydroxylation is 1. The summed E-state index contributed by atoms with van der Waals surface area (Å²) in [5, 5.41) is 0. The molecule has 1 aromatic carbocycles. The average molecular weight is 400 g/mol. The zero-order chi connectivity index (χ0) is 17.9. The molecule has 1 heterocycles. The van der Waals surface area contributed by atoms with Crippen molar-refractivity contribution < 1.29 is 27.9 Å². The van der Waals surface area contributed by atoms with Crippen molar-refractivity contribution in [1.82, 2.24) is 4.57 Å². The third-order valence-electron chi connectivity index (χ3n) is 3.27. The number of esters is 1. The van der Waals surface area contributed by atoms with Crippen LogP contribution in [-0.2, 0) is 11.3 Å². The summed E-state index contributed by atoms with van der Waals surface area (Å²) >= 11 is 2.94. The Morgan fingerprint density at radius 3 is 2.42 bits per heavy atom. The highest BCUT2D eigenvalue weighted by molar-refractivity contribution is 9.10. The van der Waals surface area contributed by atoms with Crippen LogP contribution < -0.4 is 0 Å². The summed E-state index contributed by atoms with van der Waals surface area (Å²) in [5.41, 5.74) is -0.119. The van der Waals surface area contributed by atoms with Gasteiger partial charge in [-0.1, -0.05) is 0 Å². The molecule has 0 saturated carbocycles. The van der Waals surface area contributed by atoms with E-state index in [1.807, 2.05) is 0 Å². The van der Waals surface area contributed by atoms with Gasteiger partial charge in [0.05, 0.1) is 18.1 Å². The Morgan fingerprint density at radius 2 is 1.83 bits per heavy atom. The van der Waals surface area contributed by atoms with Crippen LogP contribution in [0.1, 0.15) is 31.2 Å². The van der Waals surface area contributed by atoms with Gasteiger partial charge in [-0.2, -0.15) is 0 Å². The Kier molecular flexibility index (Phi) is 5.61. The molecule has 0 spiro atoms. The van der Waals surface area contributed by atoms with Crippen LogP contribution in [0.15, 0.2) is 34.9 Å². The summed E-state index contributed by atoms with van der Waals surface area (Å²) in [6, 6.07) is 4.59. The van der Waals surface area contributed by atoms with E-state index in [1.54, 1.807) is 0 Å². The number of ether oxygens (including phenoxy) is 1. The monoisotopic (exact) mass is 399 g/mol. The SMILES string of the molecule is COC(=O)c1cc(C(=O)C(=O)c2ccc(F)c(Br)c2)cn1CCF. The molecule has 0 radical (unpaired) electrons. The van der Waals surface area contributed by atoms with E-state index in [9.17, 15) is 23.2 Å². The van der Waals surface area contributed by atoms with E-state index in [4.69, 9.17) is 0 Å². The number of benzene rings is 1. The summed E-state index contributed by atoms with van der Waals surface area (Å²) in [6.07, 6.45) is 1.21. The molecule has 0 unspecified atom stereocenters. The van der Waals surface area contributed by atoms with Crippen molar-refractivity contribution in [2.24, 2.45) is 0 Å². The topological polar surface area (TPSA) is 65.4 Å². The standard InChI is InChI=1S/C16H12BrF2NO4/c1-24-16(23)13-7-10(8-20(13)5-4-18)15(22)14(21)9-2-3-12(19)11(17)6-9/h2-3,6-8H,4-5H2,1H3. The molecule has 0 aliphatic heterocycles. The zero-order valence-corrected chi connectivity index (χ0v) is 14.1. The number of carbonyl (C=O) groups excluding carboxylic acids is 3. The Morgan fingerprint density at radius 1 is 1.17 bits per heavy atom. The first-order valence-corrected chi connectivity index (χ1v) is 7.57. The largest absolute Gasteiger partial charge is 0.464 e. The lowest BCUT2D eigenvalue weighted by molar-refractivity contribution is 0.0588. The van der Waals surface area contributed by atoms with Gasteiger partial charge in [0.2, 0.25) is 11.6 Å². The minimum Gasteiger partial charge on any atom is -0.464 e. The fourth-order valence-electron chi connectivity index (χ4n) is 2.09. The van der Waals surface area contributed by atoms with Crippen LogP contribution in [-0.4, -0.2) is 35.9 Å². The van der Waals surface area contributed by atoms with Gasteiger partial charge in [0.1, 0.15) is 18.2 Å². The molecule has 0 amide bonds. The highest BCUT2D eigenvalue weighted by Crippen LogP contribution is 2.19. The molecule has 2 rings (SSSR count). The number of ketones is 2. The van der Waals surface area contributed by atoms with Gasteiger partial charge in [-0.3, -0.25) is 9.59 Å². The van der Waals surface area contributed by atoms with E-state index >= 15 is 0 Å². The van der Waals surface area contributed by atoms with Gasteiger partial charge in [0.15, 0.2) is 0 Å². The van der Waals surface area contributed by atoms with Gasteiger partial charge in [-0.25, -0.2) is 13.6 Å². The number of carbonyl (C=O) groups is 3. The van der Waals surface area contributed by atoms with E-state index < -0.39 is 30.0 Å². The molecule has 5 nitrogen and oxygen atoms in total. The highest BCUT2D eigenvalue weighted by atomic mass is 79.9. The molecule has 126 valence electrons. The first kappa shape index (κ1) is 18.0. The average Bonchev–Trinajstić information content (AvgIpc) is 2.99. The maximum atomic E-state index is 13.2. The van der Waals surface area contributed by atoms with Crippen LogP contribution in [0.25, 0.3) is 0 Å². The van der Waals surface area contributed by atoms with Crippen LogP contribution in [0.3, 0.4) is 0 Å². The predicted molar refractivity (Wildman–Crippen MR) is 84.5 cm³/mol. The molecule has 8 heteroatoms. The number of hydrogen-bond acceptors (Lipinski definition) is 4. The van der Waals surface area contributed by atoms with Crippen molar-refractivity contribution >= 4 is 33.5 Å². The lowest BCUT2D eigenvalue weighted by Crippen LogP contribution is -2.14. The Labute approximate surface area is 144 Å². The second kappa shape index (κ2) is 7.48. The van der Waals surface area contributed by atoms with Gasteiger partial charge in [-0.05, 0) is 40.2 Å². The molecule has 24 heavy (non-hydrogen) atoms. The summed E-state index contributed by atoms with van der Waals surface area (Å²) < 4.78 is 31.6. The molecular weight excluding hydrogens is 388 g/mol. The van der Waals surface area contributed by atoms with Crippen LogP contribution in [0.4, 0.5) is 8.78 Å². The second-order valence-corrected chi connectivity index (χ2v) is 5.63. The first-order valence-electron chi connectivity index (χ1n) is 6.77.